The van der Waals surface area contributed by atoms with Crippen molar-refractivity contribution in [3.63, 3.8) is 0 Å². The molecule has 11 atom stereocenters. The molecule has 1 unspecified atom stereocenters. The van der Waals surface area contributed by atoms with Crippen molar-refractivity contribution >= 4 is 71.1 Å². The van der Waals surface area contributed by atoms with Crippen LogP contribution in [0.2, 0.25) is 0 Å². The number of nitrogens with two attached hydrogens (primary N) is 5. The van der Waals surface area contributed by atoms with E-state index in [2.05, 4.69) is 62.5 Å². The maximum atomic E-state index is 14.2. The van der Waals surface area contributed by atoms with E-state index in [9.17, 15) is 63.3 Å². The zero-order valence-corrected chi connectivity index (χ0v) is 47.5. The normalized spacial score (nSPS) is 15.9. The number of rotatable bonds is 37. The molecule has 0 saturated heterocycles. The third kappa shape index (κ3) is 24.7. The molecule has 83 heavy (non-hydrogen) atoms. The molecule has 1 aliphatic rings. The lowest BCUT2D eigenvalue weighted by molar-refractivity contribution is -0.147. The highest BCUT2D eigenvalue weighted by molar-refractivity contribution is 5.98. The third-order valence-electron chi connectivity index (χ3n) is 13.4. The minimum atomic E-state index is -1.85. The molecule has 3 rings (SSSR count). The maximum Gasteiger partial charge on any atom is 0.323 e. The molecule has 460 valence electrons. The van der Waals surface area contributed by atoms with Crippen LogP contribution in [0.15, 0.2) is 52.8 Å². The first-order valence-corrected chi connectivity index (χ1v) is 27.4. The molecule has 0 aliphatic heterocycles. The van der Waals surface area contributed by atoms with Crippen molar-refractivity contribution in [1.29, 1.82) is 0 Å². The zero-order valence-electron chi connectivity index (χ0n) is 47.5. The summed E-state index contributed by atoms with van der Waals surface area (Å²) in [7, 11) is 0. The minimum Gasteiger partial charge on any atom is -0.480 e. The van der Waals surface area contributed by atoms with Gasteiger partial charge in [-0.05, 0) is 83.6 Å². The summed E-state index contributed by atoms with van der Waals surface area (Å²) in [5.74, 6) is -9.97. The molecular weight excluding hydrogens is 1080 g/mol. The quantitative estimate of drug-likeness (QED) is 0.0170. The van der Waals surface area contributed by atoms with Crippen molar-refractivity contribution in [3.8, 4) is 0 Å². The number of nitrogens with zero attached hydrogens (tertiary/aromatic N) is 4. The summed E-state index contributed by atoms with van der Waals surface area (Å²) in [6.07, 6.45) is 1.62. The van der Waals surface area contributed by atoms with Gasteiger partial charge in [0.25, 0.3) is 0 Å². The Labute approximate surface area is 480 Å². The number of amides is 9. The van der Waals surface area contributed by atoms with E-state index in [0.29, 0.717) is 31.4 Å². The molecule has 31 nitrogen and oxygen atoms in total. The van der Waals surface area contributed by atoms with Gasteiger partial charge >= 0.3 is 5.97 Å². The standard InChI is InChI=1S/C52H84N18O13/c1-6-27(2)40(50(83)70(25-39(74)75)33-17-18-33)67-46(79)35(15-11-21-60-52(56)57)64-38(73)24-61-48(81)41(29(4)71)69-49(82)42(30(5)72)68-47(80)37(22-32-23-58-26-62-32)66-45(78)36(19-16-31-12-8-7-9-13-31)65-43(76)28(3)63-44(77)34(53)14-10-20-59-51(54)55/h7-9,12-13,23,26-30,33-37,40-42,71-72H,6,10-11,14-22,24-25,53H2,1-5H3,(H,58,62)(H,61,81)(H,63,77)(H,64,73)(H,65,76)(H,66,78)(H,67,79)(H,68,80)(H,69,82)(H,74,75)(H4,54,55,59)(H4,56,57,60)/t27?,28-,29+,30+,34-,35-,36-,37-,40-,41-,42-/m0/s1. The molecule has 1 aromatic carbocycles. The summed E-state index contributed by atoms with van der Waals surface area (Å²) >= 11 is 0. The number of aryl methyl sites for hydroxylation is 1. The van der Waals surface area contributed by atoms with Gasteiger partial charge in [0.15, 0.2) is 11.9 Å². The van der Waals surface area contributed by atoms with Gasteiger partial charge in [-0.1, -0.05) is 50.6 Å². The average molecular weight is 1170 g/mol. The molecular formula is C52H84N18O13. The predicted octanol–water partition coefficient (Wildman–Crippen LogP) is -5.57. The van der Waals surface area contributed by atoms with Crippen LogP contribution in [0.1, 0.15) is 97.2 Å². The number of hydrogen-bond donors (Lipinski definition) is 17. The fourth-order valence-electron chi connectivity index (χ4n) is 8.29. The molecule has 22 N–H and O–H groups in total. The van der Waals surface area contributed by atoms with Crippen LogP contribution >= 0.6 is 0 Å². The lowest BCUT2D eigenvalue weighted by Gasteiger charge is -2.31. The van der Waals surface area contributed by atoms with Crippen LogP contribution < -0.4 is 71.2 Å². The molecule has 0 bridgehead atoms. The van der Waals surface area contributed by atoms with Gasteiger partial charge < -0.3 is 96.4 Å². The molecule has 0 spiro atoms. The Morgan fingerprint density at radius 2 is 1.22 bits per heavy atom. The molecule has 2 aromatic rings. The Hall–Kier alpha value is -8.45. The van der Waals surface area contributed by atoms with E-state index >= 15 is 0 Å². The average Bonchev–Trinajstić information content (AvgIpc) is 4.33. The van der Waals surface area contributed by atoms with E-state index < -0.39 is 139 Å². The molecule has 31 heteroatoms. The van der Waals surface area contributed by atoms with Gasteiger partial charge in [0.1, 0.15) is 48.8 Å². The monoisotopic (exact) mass is 1170 g/mol. The number of aromatic nitrogens is 2. The van der Waals surface area contributed by atoms with Gasteiger partial charge in [-0.15, -0.1) is 0 Å². The Morgan fingerprint density at radius 1 is 0.675 bits per heavy atom. The number of guanidine groups is 2. The highest BCUT2D eigenvalue weighted by Crippen LogP contribution is 2.28. The lowest BCUT2D eigenvalue weighted by atomic mass is 9.96. The highest BCUT2D eigenvalue weighted by Gasteiger charge is 2.40. The fraction of sp³-hybridized carbons (Fsp3) is 0.596. The number of carboxylic acid groups (broad SMARTS) is 1. The van der Waals surface area contributed by atoms with Crippen molar-refractivity contribution in [2.24, 2.45) is 44.6 Å². The van der Waals surface area contributed by atoms with Gasteiger partial charge in [-0.3, -0.25) is 57.9 Å². The fourth-order valence-corrected chi connectivity index (χ4v) is 8.29. The number of benzene rings is 1. The van der Waals surface area contributed by atoms with Crippen molar-refractivity contribution in [2.75, 3.05) is 26.2 Å². The topological polar surface area (TPSA) is 514 Å². The molecule has 1 aliphatic carbocycles. The van der Waals surface area contributed by atoms with Gasteiger partial charge in [-0.25, -0.2) is 4.98 Å². The minimum absolute atomic E-state index is 0.00253. The Kier molecular flexibility index (Phi) is 28.8. The zero-order chi connectivity index (χ0) is 61.9. The van der Waals surface area contributed by atoms with Crippen molar-refractivity contribution < 1.29 is 63.3 Å². The molecule has 0 radical (unpaired) electrons. The number of H-pyrrole nitrogens is 1. The Balaban J connectivity index is 1.78. The van der Waals surface area contributed by atoms with Gasteiger partial charge in [-0.2, -0.15) is 0 Å². The summed E-state index contributed by atoms with van der Waals surface area (Å²) in [6.45, 7) is 6.03. The van der Waals surface area contributed by atoms with Crippen molar-refractivity contribution in [1.82, 2.24) is 57.4 Å². The first kappa shape index (κ1) is 68.8. The maximum absolute atomic E-state index is 14.2. The number of aliphatic carboxylic acids is 1. The summed E-state index contributed by atoms with van der Waals surface area (Å²) in [5.41, 5.74) is 28.8. The van der Waals surface area contributed by atoms with Crippen LogP contribution in [-0.4, -0.2) is 194 Å². The van der Waals surface area contributed by atoms with E-state index in [4.69, 9.17) is 28.7 Å². The van der Waals surface area contributed by atoms with Crippen molar-refractivity contribution in [3.05, 3.63) is 54.1 Å². The number of nitrogens with one attached hydrogen (secondary N) is 9. The molecule has 1 fully saturated rings. The molecule has 9 amide bonds. The summed E-state index contributed by atoms with van der Waals surface area (Å²) < 4.78 is 0. The Bertz CT molecular complexity index is 2540. The number of aromatic amines is 1. The first-order chi connectivity index (χ1) is 39.2. The second-order valence-electron chi connectivity index (χ2n) is 20.4. The number of carbonyl (C=O) groups is 10. The summed E-state index contributed by atoms with van der Waals surface area (Å²) in [5, 5.41) is 51.0. The van der Waals surface area contributed by atoms with Crippen LogP contribution in [0.5, 0.6) is 0 Å². The Morgan fingerprint density at radius 3 is 1.77 bits per heavy atom. The van der Waals surface area contributed by atoms with Crippen LogP contribution in [0.4, 0.5) is 0 Å². The van der Waals surface area contributed by atoms with Gasteiger partial charge in [0.05, 0.1) is 31.1 Å². The number of aliphatic hydroxyl groups excluding tert-OH is 2. The summed E-state index contributed by atoms with van der Waals surface area (Å²) in [6, 6.07) is -2.54. The van der Waals surface area contributed by atoms with Crippen LogP contribution in [-0.2, 0) is 60.8 Å². The number of imidazole rings is 1. The van der Waals surface area contributed by atoms with E-state index in [1.807, 2.05) is 0 Å². The second kappa shape index (κ2) is 34.7. The van der Waals surface area contributed by atoms with Gasteiger partial charge in [0, 0.05) is 37.4 Å². The smallest absolute Gasteiger partial charge is 0.323 e. The number of aliphatic hydroxyl groups is 2. The predicted molar refractivity (Wildman–Crippen MR) is 302 cm³/mol. The van der Waals surface area contributed by atoms with E-state index in [-0.39, 0.29) is 69.6 Å². The number of carbonyl (C=O) groups excluding carboxylic acids is 9. The molecule has 1 saturated carbocycles. The van der Waals surface area contributed by atoms with Crippen LogP contribution in [0, 0.1) is 5.92 Å². The number of carboxylic acids is 1. The number of aliphatic imine (C=N–C) groups is 2. The van der Waals surface area contributed by atoms with Crippen LogP contribution in [0.3, 0.4) is 0 Å². The lowest BCUT2D eigenvalue weighted by Crippen LogP contribution is -2.62. The second-order valence-corrected chi connectivity index (χ2v) is 20.4. The largest absolute Gasteiger partial charge is 0.480 e. The van der Waals surface area contributed by atoms with E-state index in [1.54, 1.807) is 44.2 Å². The van der Waals surface area contributed by atoms with Crippen molar-refractivity contribution in [2.45, 2.75) is 165 Å². The third-order valence-corrected chi connectivity index (χ3v) is 13.4. The summed E-state index contributed by atoms with van der Waals surface area (Å²) in [4.78, 5) is 151. The van der Waals surface area contributed by atoms with E-state index in [1.165, 1.54) is 24.3 Å². The number of hydrogen-bond acceptors (Lipinski definition) is 16. The molecule has 1 aromatic heterocycles. The molecule has 1 heterocycles. The highest BCUT2D eigenvalue weighted by atomic mass is 16.4. The first-order valence-electron chi connectivity index (χ1n) is 27.4. The van der Waals surface area contributed by atoms with Gasteiger partial charge in [0.2, 0.25) is 53.2 Å². The van der Waals surface area contributed by atoms with Crippen LogP contribution in [0.25, 0.3) is 0 Å². The SMILES string of the molecule is CCC(C)[C@H](NC(=O)[C@H](CCCN=C(N)N)NC(=O)CNC(=O)[C@@H](NC(=O)[C@@H](NC(=O)[C@H](Cc1cnc[nH]1)NC(=O)[C@H](CCc1ccccc1)NC(=O)[C@H](C)NC(=O)[C@@H](N)CCCN=C(N)N)[C@@H](C)O)[C@@H](C)O)C(=O)N(CC(=O)O)C1CC1. The van der Waals surface area contributed by atoms with E-state index in [0.717, 1.165) is 19.4 Å².